The molecule has 0 bridgehead atoms. The summed E-state index contributed by atoms with van der Waals surface area (Å²) in [6.45, 7) is 7.33. The molecule has 0 fully saturated rings. The molecule has 80 valence electrons. The minimum absolute atomic E-state index is 0.166. The van der Waals surface area contributed by atoms with Crippen LogP contribution in [-0.2, 0) is 0 Å². The average molecular weight is 214 g/mol. The molecular formula is C9H18N4S. The van der Waals surface area contributed by atoms with Gasteiger partial charge in [0.25, 0.3) is 0 Å². The van der Waals surface area contributed by atoms with E-state index in [2.05, 4.69) is 36.3 Å². The Bertz CT molecular complexity index is 252. The van der Waals surface area contributed by atoms with Crippen molar-refractivity contribution in [3.05, 3.63) is 5.51 Å². The minimum Gasteiger partial charge on any atom is -0.359 e. The van der Waals surface area contributed by atoms with Crippen LogP contribution in [0.2, 0.25) is 0 Å². The largest absolute Gasteiger partial charge is 0.359 e. The molecule has 1 unspecified atom stereocenters. The summed E-state index contributed by atoms with van der Waals surface area (Å²) < 4.78 is 0. The highest BCUT2D eigenvalue weighted by molar-refractivity contribution is 7.13. The molecule has 0 saturated heterocycles. The summed E-state index contributed by atoms with van der Waals surface area (Å²) in [5.74, 6) is 0. The molecule has 0 saturated carbocycles. The fourth-order valence-electron chi connectivity index (χ4n) is 1.33. The van der Waals surface area contributed by atoms with Crippen molar-refractivity contribution in [1.29, 1.82) is 0 Å². The number of nitrogens with two attached hydrogens (primary N) is 1. The van der Waals surface area contributed by atoms with E-state index in [0.29, 0.717) is 0 Å². The summed E-state index contributed by atoms with van der Waals surface area (Å²) in [5, 5.41) is 11.6. The maximum Gasteiger partial charge on any atom is 0.205 e. The lowest BCUT2D eigenvalue weighted by atomic mass is 9.88. The Morgan fingerprint density at radius 2 is 2.29 bits per heavy atom. The summed E-state index contributed by atoms with van der Waals surface area (Å²) >= 11 is 1.49. The van der Waals surface area contributed by atoms with Crippen LogP contribution in [0, 0.1) is 5.41 Å². The number of hydrogen-bond acceptors (Lipinski definition) is 5. The van der Waals surface area contributed by atoms with Gasteiger partial charge in [0.2, 0.25) is 5.13 Å². The summed E-state index contributed by atoms with van der Waals surface area (Å²) in [5.41, 5.74) is 7.96. The second-order valence-electron chi connectivity index (χ2n) is 4.65. The first-order valence-electron chi connectivity index (χ1n) is 4.73. The van der Waals surface area contributed by atoms with Gasteiger partial charge in [-0.3, -0.25) is 0 Å². The molecule has 4 nitrogen and oxygen atoms in total. The Hall–Kier alpha value is -0.680. The van der Waals surface area contributed by atoms with Crippen molar-refractivity contribution < 1.29 is 0 Å². The predicted octanol–water partition coefficient (Wildman–Crippen LogP) is 1.71. The Balaban J connectivity index is 2.25. The van der Waals surface area contributed by atoms with E-state index in [1.165, 1.54) is 11.3 Å². The lowest BCUT2D eigenvalue weighted by Crippen LogP contribution is -2.33. The van der Waals surface area contributed by atoms with Gasteiger partial charge in [-0.15, -0.1) is 10.2 Å². The first-order chi connectivity index (χ1) is 6.47. The van der Waals surface area contributed by atoms with Gasteiger partial charge in [-0.05, 0) is 11.8 Å². The Morgan fingerprint density at radius 3 is 2.79 bits per heavy atom. The van der Waals surface area contributed by atoms with Gasteiger partial charge in [0, 0.05) is 12.6 Å². The first kappa shape index (κ1) is 11.4. The number of anilines is 1. The van der Waals surface area contributed by atoms with Crippen LogP contribution in [0.1, 0.15) is 27.2 Å². The van der Waals surface area contributed by atoms with Crippen LogP contribution in [-0.4, -0.2) is 22.8 Å². The lowest BCUT2D eigenvalue weighted by molar-refractivity contribution is 0.345. The van der Waals surface area contributed by atoms with E-state index in [0.717, 1.165) is 18.1 Å². The van der Waals surface area contributed by atoms with Gasteiger partial charge in [-0.1, -0.05) is 32.1 Å². The van der Waals surface area contributed by atoms with Gasteiger partial charge >= 0.3 is 0 Å². The molecule has 1 rings (SSSR count). The van der Waals surface area contributed by atoms with Crippen molar-refractivity contribution >= 4 is 16.5 Å². The zero-order chi connectivity index (χ0) is 10.6. The predicted molar refractivity (Wildman–Crippen MR) is 60.4 cm³/mol. The molecule has 1 heterocycles. The third-order valence-corrected chi connectivity index (χ3v) is 2.40. The molecule has 0 amide bonds. The topological polar surface area (TPSA) is 63.8 Å². The second-order valence-corrected chi connectivity index (χ2v) is 5.48. The molecular weight excluding hydrogens is 196 g/mol. The number of aromatic nitrogens is 2. The molecule has 0 radical (unpaired) electrons. The molecule has 14 heavy (non-hydrogen) atoms. The van der Waals surface area contributed by atoms with Crippen LogP contribution in [0.15, 0.2) is 5.51 Å². The Kier molecular flexibility index (Phi) is 3.83. The van der Waals surface area contributed by atoms with Crippen molar-refractivity contribution in [2.45, 2.75) is 33.2 Å². The highest BCUT2D eigenvalue weighted by Gasteiger charge is 2.15. The molecule has 5 heteroatoms. The molecule has 0 spiro atoms. The molecule has 0 aromatic carbocycles. The number of rotatable bonds is 4. The van der Waals surface area contributed by atoms with Crippen molar-refractivity contribution in [2.75, 3.05) is 11.9 Å². The lowest BCUT2D eigenvalue weighted by Gasteiger charge is -2.23. The first-order valence-corrected chi connectivity index (χ1v) is 5.61. The van der Waals surface area contributed by atoms with Crippen LogP contribution in [0.4, 0.5) is 5.13 Å². The van der Waals surface area contributed by atoms with Crippen LogP contribution in [0.3, 0.4) is 0 Å². The smallest absolute Gasteiger partial charge is 0.205 e. The van der Waals surface area contributed by atoms with E-state index in [1.54, 1.807) is 5.51 Å². The van der Waals surface area contributed by atoms with Crippen molar-refractivity contribution in [2.24, 2.45) is 11.1 Å². The van der Waals surface area contributed by atoms with Crippen LogP contribution in [0.25, 0.3) is 0 Å². The Labute approximate surface area is 88.9 Å². The maximum atomic E-state index is 5.97. The number of hydrogen-bond donors (Lipinski definition) is 2. The average Bonchev–Trinajstić information content (AvgIpc) is 2.49. The standard InChI is InChI=1S/C9H18N4S/c1-9(2,3)4-7(10)5-11-8-13-12-6-14-8/h6-7H,4-5,10H2,1-3H3,(H,11,13). The normalized spacial score (nSPS) is 14.0. The minimum atomic E-state index is 0.166. The summed E-state index contributed by atoms with van der Waals surface area (Å²) in [4.78, 5) is 0. The number of nitrogens with zero attached hydrogens (tertiary/aromatic N) is 2. The Morgan fingerprint density at radius 1 is 1.57 bits per heavy atom. The van der Waals surface area contributed by atoms with Crippen LogP contribution in [0.5, 0.6) is 0 Å². The molecule has 1 aromatic rings. The van der Waals surface area contributed by atoms with Gasteiger partial charge in [-0.2, -0.15) is 0 Å². The van der Waals surface area contributed by atoms with E-state index in [-0.39, 0.29) is 11.5 Å². The van der Waals surface area contributed by atoms with Crippen LogP contribution >= 0.6 is 11.3 Å². The molecule has 3 N–H and O–H groups in total. The van der Waals surface area contributed by atoms with Gasteiger partial charge in [0.05, 0.1) is 0 Å². The van der Waals surface area contributed by atoms with Gasteiger partial charge in [-0.25, -0.2) is 0 Å². The zero-order valence-corrected chi connectivity index (χ0v) is 9.77. The monoisotopic (exact) mass is 214 g/mol. The molecule has 0 aliphatic carbocycles. The molecule has 0 aliphatic heterocycles. The van der Waals surface area contributed by atoms with Gasteiger partial charge in [0.15, 0.2) is 0 Å². The quantitative estimate of drug-likeness (QED) is 0.801. The maximum absolute atomic E-state index is 5.97. The number of nitrogens with one attached hydrogen (secondary N) is 1. The van der Waals surface area contributed by atoms with Crippen molar-refractivity contribution in [1.82, 2.24) is 10.2 Å². The zero-order valence-electron chi connectivity index (χ0n) is 8.95. The second kappa shape index (κ2) is 4.70. The SMILES string of the molecule is CC(C)(C)CC(N)CNc1nncs1. The van der Waals surface area contributed by atoms with E-state index in [9.17, 15) is 0 Å². The van der Waals surface area contributed by atoms with Gasteiger partial charge < -0.3 is 11.1 Å². The highest BCUT2D eigenvalue weighted by Crippen LogP contribution is 2.20. The van der Waals surface area contributed by atoms with Gasteiger partial charge in [0.1, 0.15) is 5.51 Å². The molecule has 1 atom stereocenters. The van der Waals surface area contributed by atoms with E-state index >= 15 is 0 Å². The van der Waals surface area contributed by atoms with E-state index < -0.39 is 0 Å². The molecule has 1 aromatic heterocycles. The molecule has 0 aliphatic rings. The summed E-state index contributed by atoms with van der Waals surface area (Å²) in [6, 6.07) is 0.166. The highest BCUT2D eigenvalue weighted by atomic mass is 32.1. The summed E-state index contributed by atoms with van der Waals surface area (Å²) in [7, 11) is 0. The van der Waals surface area contributed by atoms with Crippen LogP contribution < -0.4 is 11.1 Å². The van der Waals surface area contributed by atoms with E-state index in [4.69, 9.17) is 5.73 Å². The fraction of sp³-hybridized carbons (Fsp3) is 0.778. The third-order valence-electron chi connectivity index (χ3n) is 1.75. The fourth-order valence-corrected chi connectivity index (χ4v) is 1.78. The third kappa shape index (κ3) is 4.53. The summed E-state index contributed by atoms with van der Waals surface area (Å²) in [6.07, 6.45) is 0.999. The van der Waals surface area contributed by atoms with Crippen molar-refractivity contribution in [3.63, 3.8) is 0 Å². The van der Waals surface area contributed by atoms with E-state index in [1.807, 2.05) is 0 Å². The van der Waals surface area contributed by atoms with Crippen molar-refractivity contribution in [3.8, 4) is 0 Å².